The van der Waals surface area contributed by atoms with Gasteiger partial charge >= 0.3 is 5.97 Å². The average Bonchev–Trinajstić information content (AvgIpc) is 2.55. The first kappa shape index (κ1) is 17.5. The van der Waals surface area contributed by atoms with Gasteiger partial charge in [0.15, 0.2) is 0 Å². The molecule has 0 aliphatic carbocycles. The van der Waals surface area contributed by atoms with E-state index >= 15 is 0 Å². The molecule has 1 aromatic rings. The number of ether oxygens (including phenoxy) is 2. The Morgan fingerprint density at radius 3 is 2.64 bits per heavy atom. The Hall–Kier alpha value is -2.54. The summed E-state index contributed by atoms with van der Waals surface area (Å²) in [7, 11) is 0. The van der Waals surface area contributed by atoms with Crippen molar-refractivity contribution < 1.29 is 14.3 Å². The maximum absolute atomic E-state index is 11.6. The van der Waals surface area contributed by atoms with Crippen LogP contribution in [0.15, 0.2) is 42.5 Å². The lowest BCUT2D eigenvalue weighted by Gasteiger charge is -2.06. The summed E-state index contributed by atoms with van der Waals surface area (Å²) in [5.74, 6) is 0.128. The summed E-state index contributed by atoms with van der Waals surface area (Å²) < 4.78 is 10.5. The molecule has 1 aromatic carbocycles. The number of nitriles is 1. The van der Waals surface area contributed by atoms with Crippen LogP contribution in [0.5, 0.6) is 5.75 Å². The highest BCUT2D eigenvalue weighted by atomic mass is 16.5. The number of unbranched alkanes of at least 4 members (excludes halogenated alkanes) is 2. The van der Waals surface area contributed by atoms with E-state index in [1.807, 2.05) is 18.2 Å². The first-order chi connectivity index (χ1) is 10.7. The highest BCUT2D eigenvalue weighted by molar-refractivity contribution is 5.97. The van der Waals surface area contributed by atoms with Crippen LogP contribution >= 0.6 is 0 Å². The summed E-state index contributed by atoms with van der Waals surface area (Å²) in [6.07, 6.45) is 6.29. The molecule has 0 bridgehead atoms. The van der Waals surface area contributed by atoms with E-state index in [2.05, 4.69) is 13.5 Å². The van der Waals surface area contributed by atoms with Gasteiger partial charge in [-0.3, -0.25) is 0 Å². The summed E-state index contributed by atoms with van der Waals surface area (Å²) in [6, 6.07) is 9.08. The molecule has 0 N–H and O–H groups in total. The largest absolute Gasteiger partial charge is 0.494 e. The number of nitrogens with zero attached hydrogens (tertiary/aromatic N) is 1. The second kappa shape index (κ2) is 10.2. The lowest BCUT2D eigenvalue weighted by atomic mass is 10.1. The van der Waals surface area contributed by atoms with E-state index in [1.165, 1.54) is 12.2 Å². The molecule has 116 valence electrons. The van der Waals surface area contributed by atoms with Gasteiger partial charge in [0.25, 0.3) is 0 Å². The van der Waals surface area contributed by atoms with E-state index in [0.29, 0.717) is 6.61 Å². The Morgan fingerprint density at radius 1 is 1.32 bits per heavy atom. The molecule has 0 aliphatic rings. The monoisotopic (exact) mass is 299 g/mol. The van der Waals surface area contributed by atoms with E-state index < -0.39 is 5.97 Å². The number of rotatable bonds is 9. The molecule has 0 aliphatic heterocycles. The SMILES string of the molecule is C=CCOC(=O)/C(C#N)=C\c1ccc(OCCCCC)cc1. The predicted octanol–water partition coefficient (Wildman–Crippen LogP) is 3.89. The third-order valence-electron chi connectivity index (χ3n) is 2.88. The number of hydrogen-bond donors (Lipinski definition) is 0. The van der Waals surface area contributed by atoms with E-state index in [4.69, 9.17) is 14.7 Å². The number of carbonyl (C=O) groups excluding carboxylic acids is 1. The minimum absolute atomic E-state index is 0.0431. The molecule has 0 amide bonds. The van der Waals surface area contributed by atoms with Crippen LogP contribution in [0, 0.1) is 11.3 Å². The quantitative estimate of drug-likeness (QED) is 0.228. The van der Waals surface area contributed by atoms with Crippen LogP contribution in [0.1, 0.15) is 31.7 Å². The van der Waals surface area contributed by atoms with Gasteiger partial charge in [0.2, 0.25) is 0 Å². The molecular weight excluding hydrogens is 278 g/mol. The van der Waals surface area contributed by atoms with Crippen molar-refractivity contribution in [2.45, 2.75) is 26.2 Å². The van der Waals surface area contributed by atoms with E-state index in [9.17, 15) is 4.79 Å². The van der Waals surface area contributed by atoms with Crippen molar-refractivity contribution >= 4 is 12.0 Å². The molecule has 0 fully saturated rings. The van der Waals surface area contributed by atoms with Crippen molar-refractivity contribution in [2.24, 2.45) is 0 Å². The number of benzene rings is 1. The molecule has 4 nitrogen and oxygen atoms in total. The van der Waals surface area contributed by atoms with Crippen molar-refractivity contribution in [3.05, 3.63) is 48.1 Å². The zero-order valence-corrected chi connectivity index (χ0v) is 12.9. The van der Waals surface area contributed by atoms with Crippen molar-refractivity contribution in [3.8, 4) is 11.8 Å². The van der Waals surface area contributed by atoms with Gasteiger partial charge < -0.3 is 9.47 Å². The van der Waals surface area contributed by atoms with Crippen LogP contribution in [-0.2, 0) is 9.53 Å². The van der Waals surface area contributed by atoms with Crippen molar-refractivity contribution in [1.82, 2.24) is 0 Å². The molecule has 0 atom stereocenters. The van der Waals surface area contributed by atoms with Gasteiger partial charge in [-0.05, 0) is 30.2 Å². The molecule has 0 radical (unpaired) electrons. The summed E-state index contributed by atoms with van der Waals surface area (Å²) in [5.41, 5.74) is 0.700. The zero-order valence-electron chi connectivity index (χ0n) is 12.9. The Morgan fingerprint density at radius 2 is 2.05 bits per heavy atom. The Kier molecular flexibility index (Phi) is 8.14. The van der Waals surface area contributed by atoms with Gasteiger partial charge in [-0.25, -0.2) is 4.79 Å². The summed E-state index contributed by atoms with van der Waals surface area (Å²) in [4.78, 5) is 11.6. The van der Waals surface area contributed by atoms with Gasteiger partial charge in [-0.1, -0.05) is 44.6 Å². The van der Waals surface area contributed by atoms with Crippen LogP contribution in [0.2, 0.25) is 0 Å². The lowest BCUT2D eigenvalue weighted by molar-refractivity contribution is -0.137. The fourth-order valence-electron chi connectivity index (χ4n) is 1.72. The molecule has 0 unspecified atom stereocenters. The maximum atomic E-state index is 11.6. The Labute approximate surface area is 131 Å². The van der Waals surface area contributed by atoms with Crippen LogP contribution in [-0.4, -0.2) is 19.2 Å². The lowest BCUT2D eigenvalue weighted by Crippen LogP contribution is -2.06. The fourth-order valence-corrected chi connectivity index (χ4v) is 1.72. The molecule has 0 saturated carbocycles. The second-order valence-electron chi connectivity index (χ2n) is 4.68. The molecule has 0 spiro atoms. The molecule has 1 rings (SSSR count). The summed E-state index contributed by atoms with van der Waals surface area (Å²) >= 11 is 0. The zero-order chi connectivity index (χ0) is 16.2. The highest BCUT2D eigenvalue weighted by Gasteiger charge is 2.09. The van der Waals surface area contributed by atoms with Gasteiger partial charge in [0, 0.05) is 0 Å². The smallest absolute Gasteiger partial charge is 0.349 e. The van der Waals surface area contributed by atoms with Crippen LogP contribution < -0.4 is 4.74 Å². The van der Waals surface area contributed by atoms with Crippen LogP contribution in [0.4, 0.5) is 0 Å². The van der Waals surface area contributed by atoms with Crippen molar-refractivity contribution in [3.63, 3.8) is 0 Å². The van der Waals surface area contributed by atoms with Crippen LogP contribution in [0.25, 0.3) is 6.08 Å². The van der Waals surface area contributed by atoms with Gasteiger partial charge in [0.05, 0.1) is 6.61 Å². The summed E-state index contributed by atoms with van der Waals surface area (Å²) in [6.45, 7) is 6.38. The van der Waals surface area contributed by atoms with E-state index in [1.54, 1.807) is 12.1 Å². The molecule has 22 heavy (non-hydrogen) atoms. The number of esters is 1. The standard InChI is InChI=1S/C18H21NO3/c1-3-5-6-12-21-17-9-7-15(8-10-17)13-16(14-19)18(20)22-11-4-2/h4,7-10,13H,2-3,5-6,11-12H2,1H3/b16-13-. The first-order valence-corrected chi connectivity index (χ1v) is 7.34. The van der Waals surface area contributed by atoms with Crippen molar-refractivity contribution in [1.29, 1.82) is 5.26 Å². The van der Waals surface area contributed by atoms with Crippen molar-refractivity contribution in [2.75, 3.05) is 13.2 Å². The molecule has 0 heterocycles. The number of hydrogen-bond acceptors (Lipinski definition) is 4. The fraction of sp³-hybridized carbons (Fsp3) is 0.333. The van der Waals surface area contributed by atoms with Gasteiger partial charge in [-0.15, -0.1) is 0 Å². The molecule has 0 aromatic heterocycles. The third-order valence-corrected chi connectivity index (χ3v) is 2.88. The van der Waals surface area contributed by atoms with E-state index in [-0.39, 0.29) is 12.2 Å². The number of carbonyl (C=O) groups is 1. The molecule has 4 heteroatoms. The molecular formula is C18H21NO3. The topological polar surface area (TPSA) is 59.3 Å². The van der Waals surface area contributed by atoms with Crippen LogP contribution in [0.3, 0.4) is 0 Å². The third kappa shape index (κ3) is 6.27. The average molecular weight is 299 g/mol. The normalized spacial score (nSPS) is 10.6. The minimum atomic E-state index is -0.651. The molecule has 0 saturated heterocycles. The predicted molar refractivity (Wildman–Crippen MR) is 86.2 cm³/mol. The summed E-state index contributed by atoms with van der Waals surface area (Å²) in [5, 5.41) is 9.01. The first-order valence-electron chi connectivity index (χ1n) is 7.34. The van der Waals surface area contributed by atoms with Gasteiger partial charge in [-0.2, -0.15) is 5.26 Å². The minimum Gasteiger partial charge on any atom is -0.494 e. The van der Waals surface area contributed by atoms with Gasteiger partial charge in [0.1, 0.15) is 24.0 Å². The maximum Gasteiger partial charge on any atom is 0.349 e. The second-order valence-corrected chi connectivity index (χ2v) is 4.68. The highest BCUT2D eigenvalue weighted by Crippen LogP contribution is 2.15. The Bertz CT molecular complexity index is 553. The Balaban J connectivity index is 2.64. The van der Waals surface area contributed by atoms with E-state index in [0.717, 1.165) is 30.6 Å².